The zero-order valence-electron chi connectivity index (χ0n) is 12.6. The maximum Gasteiger partial charge on any atom is 0.266 e. The fraction of sp³-hybridized carbons (Fsp3) is 0.529. The van der Waals surface area contributed by atoms with Crippen LogP contribution in [0.1, 0.15) is 36.0 Å². The Morgan fingerprint density at radius 2 is 2.26 bits per heavy atom. The van der Waals surface area contributed by atoms with Gasteiger partial charge in [0.15, 0.2) is 5.58 Å². The van der Waals surface area contributed by atoms with E-state index in [0.29, 0.717) is 28.0 Å². The van der Waals surface area contributed by atoms with E-state index in [1.54, 1.807) is 6.07 Å². The highest BCUT2D eigenvalue weighted by Crippen LogP contribution is 2.62. The van der Waals surface area contributed by atoms with Crippen LogP contribution in [0.3, 0.4) is 0 Å². The summed E-state index contributed by atoms with van der Waals surface area (Å²) in [5, 5.41) is 3.27. The van der Waals surface area contributed by atoms with Gasteiger partial charge in [0.25, 0.3) is 10.7 Å². The molecule has 1 amide bonds. The number of aromatic nitrogens is 1. The number of oxazole rings is 1. The van der Waals surface area contributed by atoms with Crippen LogP contribution in [0.2, 0.25) is 0 Å². The number of hydrogen-bond donors (Lipinski definition) is 2. The van der Waals surface area contributed by atoms with E-state index in [1.165, 1.54) is 19.3 Å². The molecule has 0 bridgehead atoms. The molecule has 1 aliphatic heterocycles. The van der Waals surface area contributed by atoms with Crippen LogP contribution in [-0.4, -0.2) is 29.6 Å². The van der Waals surface area contributed by atoms with Crippen LogP contribution >= 0.6 is 12.2 Å². The average molecular weight is 330 g/mol. The van der Waals surface area contributed by atoms with E-state index in [-0.39, 0.29) is 17.4 Å². The molecule has 1 saturated heterocycles. The number of nitrogens with one attached hydrogen (secondary N) is 2. The first kappa shape index (κ1) is 13.7. The topological polar surface area (TPSA) is 67.3 Å². The van der Waals surface area contributed by atoms with Gasteiger partial charge in [-0.2, -0.15) is 0 Å². The van der Waals surface area contributed by atoms with Gasteiger partial charge in [-0.3, -0.25) is 4.79 Å². The van der Waals surface area contributed by atoms with E-state index < -0.39 is 0 Å². The van der Waals surface area contributed by atoms with Crippen LogP contribution in [0.4, 0.5) is 0 Å². The molecule has 0 unspecified atom stereocenters. The lowest BCUT2D eigenvalue weighted by Crippen LogP contribution is -2.71. The molecule has 2 saturated carbocycles. The summed E-state index contributed by atoms with van der Waals surface area (Å²) in [6.45, 7) is 0.833. The van der Waals surface area contributed by atoms with Crippen molar-refractivity contribution in [2.24, 2.45) is 11.3 Å². The van der Waals surface area contributed by atoms with Gasteiger partial charge >= 0.3 is 0 Å². The molecule has 3 atom stereocenters. The molecule has 1 aromatic heterocycles. The van der Waals surface area contributed by atoms with Gasteiger partial charge in [0.1, 0.15) is 0 Å². The first-order chi connectivity index (χ1) is 11.2. The quantitative estimate of drug-likeness (QED) is 0.830. The van der Waals surface area contributed by atoms with Gasteiger partial charge in [-0.1, -0.05) is 6.42 Å². The van der Waals surface area contributed by atoms with Crippen LogP contribution < -0.4 is 5.32 Å². The highest BCUT2D eigenvalue weighted by atomic mass is 32.1. The lowest BCUT2D eigenvalue weighted by Gasteiger charge is -2.63. The molecule has 23 heavy (non-hydrogen) atoms. The van der Waals surface area contributed by atoms with Crippen molar-refractivity contribution in [1.29, 1.82) is 0 Å². The molecule has 3 fully saturated rings. The molecule has 120 valence electrons. The second-order valence-electron chi connectivity index (χ2n) is 7.01. The average Bonchev–Trinajstić information content (AvgIpc) is 3.05. The third-order valence-electron chi connectivity index (χ3n) is 6.01. The molecule has 2 heterocycles. The van der Waals surface area contributed by atoms with E-state index in [4.69, 9.17) is 21.4 Å². The number of fused-ring (bicyclic) bond motifs is 3. The number of H-pyrrole nitrogens is 1. The Morgan fingerprint density at radius 1 is 1.39 bits per heavy atom. The van der Waals surface area contributed by atoms with E-state index >= 15 is 0 Å². The van der Waals surface area contributed by atoms with Crippen LogP contribution in [-0.2, 0) is 4.74 Å². The number of rotatable bonds is 2. The molecule has 5 rings (SSSR count). The van der Waals surface area contributed by atoms with Gasteiger partial charge < -0.3 is 19.5 Å². The number of benzene rings is 1. The molecular formula is C17H18N2O3S. The molecule has 3 aliphatic rings. The highest BCUT2D eigenvalue weighted by Gasteiger charge is 2.66. The number of carbonyl (C=O) groups is 1. The molecular weight excluding hydrogens is 312 g/mol. The van der Waals surface area contributed by atoms with Gasteiger partial charge in [-0.25, -0.2) is 0 Å². The predicted octanol–water partition coefficient (Wildman–Crippen LogP) is 3.18. The summed E-state index contributed by atoms with van der Waals surface area (Å²) in [4.78, 5) is 16.0. The highest BCUT2D eigenvalue weighted by molar-refractivity contribution is 7.71. The van der Waals surface area contributed by atoms with Crippen molar-refractivity contribution in [3.05, 3.63) is 28.6 Å². The van der Waals surface area contributed by atoms with Gasteiger partial charge in [-0.05, 0) is 49.7 Å². The fourth-order valence-corrected chi connectivity index (χ4v) is 4.97. The van der Waals surface area contributed by atoms with Crippen molar-refractivity contribution in [1.82, 2.24) is 10.3 Å². The number of aromatic amines is 1. The Hall–Kier alpha value is -1.66. The fourth-order valence-electron chi connectivity index (χ4n) is 4.77. The van der Waals surface area contributed by atoms with Crippen LogP contribution in [0.15, 0.2) is 22.6 Å². The zero-order chi connectivity index (χ0) is 15.6. The minimum atomic E-state index is -0.0316. The first-order valence-electron chi connectivity index (χ1n) is 8.23. The summed E-state index contributed by atoms with van der Waals surface area (Å²) in [5.74, 6) is 0.454. The Balaban J connectivity index is 1.40. The molecule has 1 spiro atoms. The van der Waals surface area contributed by atoms with E-state index in [9.17, 15) is 4.79 Å². The number of ether oxygens (including phenoxy) is 1. The monoisotopic (exact) mass is 330 g/mol. The minimum absolute atomic E-state index is 0.0316. The second-order valence-corrected chi connectivity index (χ2v) is 7.38. The zero-order valence-corrected chi connectivity index (χ0v) is 13.4. The molecule has 0 radical (unpaired) electrons. The molecule has 2 N–H and O–H groups in total. The maximum absolute atomic E-state index is 12.7. The maximum atomic E-state index is 12.7. The van der Waals surface area contributed by atoms with Crippen molar-refractivity contribution in [3.63, 3.8) is 0 Å². The normalized spacial score (nSPS) is 30.7. The minimum Gasteiger partial charge on any atom is -0.429 e. The van der Waals surface area contributed by atoms with Crippen LogP contribution in [0.5, 0.6) is 0 Å². The van der Waals surface area contributed by atoms with Gasteiger partial charge in [0, 0.05) is 29.5 Å². The van der Waals surface area contributed by atoms with Crippen molar-refractivity contribution in [2.45, 2.75) is 37.8 Å². The number of hydrogen-bond acceptors (Lipinski definition) is 4. The van der Waals surface area contributed by atoms with Gasteiger partial charge in [0.2, 0.25) is 0 Å². The number of carbonyl (C=O) groups excluding carboxylic acids is 1. The van der Waals surface area contributed by atoms with E-state index in [2.05, 4.69) is 10.3 Å². The summed E-state index contributed by atoms with van der Waals surface area (Å²) in [7, 11) is 0. The van der Waals surface area contributed by atoms with Crippen molar-refractivity contribution in [3.8, 4) is 0 Å². The summed E-state index contributed by atoms with van der Waals surface area (Å²) < 4.78 is 11.3. The van der Waals surface area contributed by atoms with Gasteiger partial charge in [-0.15, -0.1) is 0 Å². The summed E-state index contributed by atoms with van der Waals surface area (Å²) >= 11 is 4.99. The van der Waals surface area contributed by atoms with Gasteiger partial charge in [0.05, 0.1) is 11.6 Å². The number of amides is 1. The Labute approximate surface area is 138 Å². The Bertz CT molecular complexity index is 851. The molecule has 2 aliphatic carbocycles. The summed E-state index contributed by atoms with van der Waals surface area (Å²) in [6.07, 6.45) is 5.01. The summed E-state index contributed by atoms with van der Waals surface area (Å²) in [5.41, 5.74) is 2.26. The summed E-state index contributed by atoms with van der Waals surface area (Å²) in [6, 6.07) is 5.66. The predicted molar refractivity (Wildman–Crippen MR) is 86.8 cm³/mol. The Kier molecular flexibility index (Phi) is 2.79. The third-order valence-corrected chi connectivity index (χ3v) is 6.19. The lowest BCUT2D eigenvalue weighted by molar-refractivity contribution is -0.172. The van der Waals surface area contributed by atoms with E-state index in [0.717, 1.165) is 18.5 Å². The smallest absolute Gasteiger partial charge is 0.266 e. The van der Waals surface area contributed by atoms with Crippen LogP contribution in [0.25, 0.3) is 11.1 Å². The molecule has 1 aromatic carbocycles. The first-order valence-corrected chi connectivity index (χ1v) is 8.64. The largest absolute Gasteiger partial charge is 0.429 e. The second kappa shape index (κ2) is 4.68. The SMILES string of the molecule is O=C(N[C@@H]1[C@H]2CCO[C@@H]2C12CCC2)c1ccc2[nH]c(=S)oc2c1. The molecule has 2 aromatic rings. The molecule has 5 nitrogen and oxygen atoms in total. The lowest BCUT2D eigenvalue weighted by atomic mass is 9.46. The van der Waals surface area contributed by atoms with Crippen molar-refractivity contribution in [2.75, 3.05) is 6.61 Å². The molecule has 6 heteroatoms. The third kappa shape index (κ3) is 1.82. The van der Waals surface area contributed by atoms with Crippen molar-refractivity contribution < 1.29 is 13.9 Å². The standard InChI is InChI=1S/C17H18N2O3S/c20-15(9-2-3-11-12(8-9)22-16(23)18-11)19-13-10-4-7-21-14(10)17(13)5-1-6-17/h2-3,8,10,13-14H,1,4-7H2,(H,18,23)(H,19,20)/t10-,13-,14+/m1/s1. The van der Waals surface area contributed by atoms with Crippen molar-refractivity contribution >= 4 is 29.2 Å². The van der Waals surface area contributed by atoms with Crippen LogP contribution in [0, 0.1) is 16.2 Å². The Morgan fingerprint density at radius 3 is 3.04 bits per heavy atom. The van der Waals surface area contributed by atoms with E-state index in [1.807, 2.05) is 12.1 Å².